The van der Waals surface area contributed by atoms with E-state index in [9.17, 15) is 4.39 Å². The van der Waals surface area contributed by atoms with Crippen LogP contribution in [0.15, 0.2) is 53.1 Å². The zero-order valence-corrected chi connectivity index (χ0v) is 14.9. The molecule has 25 heavy (non-hydrogen) atoms. The Bertz CT molecular complexity index is 1110. The highest BCUT2D eigenvalue weighted by Crippen LogP contribution is 2.37. The lowest BCUT2D eigenvalue weighted by Gasteiger charge is -2.07. The summed E-state index contributed by atoms with van der Waals surface area (Å²) in [7, 11) is 2.04. The van der Waals surface area contributed by atoms with Gasteiger partial charge >= 0.3 is 0 Å². The lowest BCUT2D eigenvalue weighted by molar-refractivity contribution is -0.660. The molecule has 0 aliphatic heterocycles. The first-order valence-electron chi connectivity index (χ1n) is 8.57. The minimum atomic E-state index is -0.201. The molecule has 0 saturated carbocycles. The van der Waals surface area contributed by atoms with Gasteiger partial charge in [0.2, 0.25) is 5.69 Å². The Balaban J connectivity index is 2.08. The molecular weight excluding hydrogens is 313 g/mol. The minimum absolute atomic E-state index is 0.0664. The molecule has 0 unspecified atom stereocenters. The van der Waals surface area contributed by atoms with Gasteiger partial charge in [0.05, 0.1) is 0 Å². The normalized spacial score (nSPS) is 11.8. The average Bonchev–Trinajstić information content (AvgIpc) is 2.91. The Morgan fingerprint density at radius 3 is 2.56 bits per heavy atom. The fourth-order valence-electron chi connectivity index (χ4n) is 3.60. The summed E-state index contributed by atoms with van der Waals surface area (Å²) in [5.74, 6) is -0.135. The molecule has 2 aromatic heterocycles. The Hall–Kier alpha value is -2.68. The van der Waals surface area contributed by atoms with Gasteiger partial charge in [0.1, 0.15) is 24.0 Å². The molecular formula is C22H21FNO+. The summed E-state index contributed by atoms with van der Waals surface area (Å²) >= 11 is 0. The van der Waals surface area contributed by atoms with Gasteiger partial charge in [-0.05, 0) is 48.7 Å². The summed E-state index contributed by atoms with van der Waals surface area (Å²) in [5.41, 5.74) is 5.57. The zero-order chi connectivity index (χ0) is 17.7. The molecule has 2 heterocycles. The number of aromatic nitrogens is 1. The van der Waals surface area contributed by atoms with Crippen molar-refractivity contribution in [3.8, 4) is 11.3 Å². The lowest BCUT2D eigenvalue weighted by Crippen LogP contribution is -2.30. The quantitative estimate of drug-likeness (QED) is 0.433. The molecule has 2 nitrogen and oxygen atoms in total. The second-order valence-corrected chi connectivity index (χ2v) is 6.95. The summed E-state index contributed by atoms with van der Waals surface area (Å²) in [6.45, 7) is 6.07. The zero-order valence-electron chi connectivity index (χ0n) is 14.9. The maximum atomic E-state index is 14.3. The lowest BCUT2D eigenvalue weighted by atomic mass is 9.97. The van der Waals surface area contributed by atoms with Crippen molar-refractivity contribution in [3.63, 3.8) is 0 Å². The van der Waals surface area contributed by atoms with Gasteiger partial charge in [-0.3, -0.25) is 0 Å². The summed E-state index contributed by atoms with van der Waals surface area (Å²) in [5, 5.41) is 2.00. The fourth-order valence-corrected chi connectivity index (χ4v) is 3.60. The number of hydrogen-bond donors (Lipinski definition) is 0. The van der Waals surface area contributed by atoms with E-state index in [1.165, 1.54) is 0 Å². The number of pyridine rings is 1. The van der Waals surface area contributed by atoms with Crippen LogP contribution in [0.4, 0.5) is 4.39 Å². The van der Waals surface area contributed by atoms with Crippen LogP contribution in [-0.2, 0) is 7.05 Å². The van der Waals surface area contributed by atoms with Crippen molar-refractivity contribution in [1.82, 2.24) is 0 Å². The minimum Gasteiger partial charge on any atom is -0.456 e. The van der Waals surface area contributed by atoms with Crippen LogP contribution in [0.3, 0.4) is 0 Å². The predicted molar refractivity (Wildman–Crippen MR) is 99.1 cm³/mol. The van der Waals surface area contributed by atoms with Crippen LogP contribution in [-0.4, -0.2) is 0 Å². The second kappa shape index (κ2) is 5.69. The number of fused-ring (bicyclic) bond motifs is 3. The van der Waals surface area contributed by atoms with E-state index in [2.05, 4.69) is 29.7 Å². The van der Waals surface area contributed by atoms with Crippen LogP contribution >= 0.6 is 0 Å². The van der Waals surface area contributed by atoms with Gasteiger partial charge < -0.3 is 4.42 Å². The summed E-state index contributed by atoms with van der Waals surface area (Å²) in [4.78, 5) is 0. The van der Waals surface area contributed by atoms with Crippen LogP contribution < -0.4 is 4.57 Å². The van der Waals surface area contributed by atoms with Crippen molar-refractivity contribution in [3.05, 3.63) is 65.6 Å². The molecule has 0 amide bonds. The standard InChI is InChI=1S/C22H21FNO/c1-13(2)21-18(23)9-8-15-17-12-16(19-7-5-6-10-24(19)4)14(3)11-20(17)25-22(15)21/h5-13H,1-4H3/q+1. The number of nitrogens with zero attached hydrogens (tertiary/aromatic N) is 1. The van der Waals surface area contributed by atoms with E-state index < -0.39 is 0 Å². The van der Waals surface area contributed by atoms with Crippen molar-refractivity contribution in [1.29, 1.82) is 0 Å². The Kier molecular flexibility index (Phi) is 3.60. The molecule has 4 aromatic rings. The molecule has 126 valence electrons. The number of halogens is 1. The summed E-state index contributed by atoms with van der Waals surface area (Å²) in [6, 6.07) is 13.8. The Morgan fingerprint density at radius 2 is 1.84 bits per heavy atom. The topological polar surface area (TPSA) is 17.0 Å². The smallest absolute Gasteiger partial charge is 0.212 e. The predicted octanol–water partition coefficient (Wildman–Crippen LogP) is 5.65. The molecule has 0 radical (unpaired) electrons. The SMILES string of the molecule is Cc1cc2oc3c(C(C)C)c(F)ccc3c2cc1-c1cccc[n+]1C. The van der Waals surface area contributed by atoms with Gasteiger partial charge in [0.25, 0.3) is 0 Å². The van der Waals surface area contributed by atoms with Crippen LogP contribution in [0.5, 0.6) is 0 Å². The highest BCUT2D eigenvalue weighted by molar-refractivity contribution is 6.07. The molecule has 4 rings (SSSR count). The summed E-state index contributed by atoms with van der Waals surface area (Å²) in [6.07, 6.45) is 2.04. The molecule has 0 aliphatic rings. The maximum absolute atomic E-state index is 14.3. The number of rotatable bonds is 2. The molecule has 0 spiro atoms. The van der Waals surface area contributed by atoms with Gasteiger partial charge in [0.15, 0.2) is 6.20 Å². The van der Waals surface area contributed by atoms with Crippen LogP contribution in [0.2, 0.25) is 0 Å². The molecule has 0 fully saturated rings. The molecule has 0 bridgehead atoms. The molecule has 3 heteroatoms. The van der Waals surface area contributed by atoms with E-state index in [-0.39, 0.29) is 11.7 Å². The fraction of sp³-hybridized carbons (Fsp3) is 0.227. The van der Waals surface area contributed by atoms with Crippen molar-refractivity contribution < 1.29 is 13.4 Å². The average molecular weight is 334 g/mol. The third-order valence-corrected chi connectivity index (χ3v) is 4.88. The summed E-state index contributed by atoms with van der Waals surface area (Å²) < 4.78 is 22.5. The molecule has 2 aromatic carbocycles. The van der Waals surface area contributed by atoms with Crippen LogP contribution in [0, 0.1) is 12.7 Å². The highest BCUT2D eigenvalue weighted by Gasteiger charge is 2.20. The van der Waals surface area contributed by atoms with E-state index in [0.717, 1.165) is 33.2 Å². The first kappa shape index (κ1) is 15.8. The van der Waals surface area contributed by atoms with E-state index in [1.54, 1.807) is 6.07 Å². The maximum Gasteiger partial charge on any atom is 0.212 e. The first-order valence-corrected chi connectivity index (χ1v) is 8.57. The third-order valence-electron chi connectivity index (χ3n) is 4.88. The number of furan rings is 1. The number of aryl methyl sites for hydroxylation is 2. The van der Waals surface area contributed by atoms with E-state index in [1.807, 2.05) is 45.3 Å². The first-order chi connectivity index (χ1) is 12.0. The van der Waals surface area contributed by atoms with Crippen molar-refractivity contribution >= 4 is 21.9 Å². The van der Waals surface area contributed by atoms with Crippen molar-refractivity contribution in [2.45, 2.75) is 26.7 Å². The Labute approximate surface area is 146 Å². The van der Waals surface area contributed by atoms with Crippen LogP contribution in [0.1, 0.15) is 30.9 Å². The number of benzene rings is 2. The third kappa shape index (κ3) is 2.42. The van der Waals surface area contributed by atoms with E-state index >= 15 is 0 Å². The van der Waals surface area contributed by atoms with E-state index in [4.69, 9.17) is 4.42 Å². The van der Waals surface area contributed by atoms with Gasteiger partial charge in [-0.15, -0.1) is 0 Å². The monoisotopic (exact) mass is 334 g/mol. The van der Waals surface area contributed by atoms with Gasteiger partial charge in [-0.25, -0.2) is 8.96 Å². The van der Waals surface area contributed by atoms with Gasteiger partial charge in [0, 0.05) is 34.0 Å². The van der Waals surface area contributed by atoms with Crippen LogP contribution in [0.25, 0.3) is 33.2 Å². The molecule has 0 atom stereocenters. The number of hydrogen-bond acceptors (Lipinski definition) is 1. The largest absolute Gasteiger partial charge is 0.456 e. The van der Waals surface area contributed by atoms with E-state index in [0.29, 0.717) is 11.1 Å². The van der Waals surface area contributed by atoms with Crippen molar-refractivity contribution in [2.24, 2.45) is 7.05 Å². The second-order valence-electron chi connectivity index (χ2n) is 6.95. The van der Waals surface area contributed by atoms with Gasteiger partial charge in [-0.2, -0.15) is 0 Å². The van der Waals surface area contributed by atoms with Gasteiger partial charge in [-0.1, -0.05) is 13.8 Å². The molecule has 0 saturated heterocycles. The highest BCUT2D eigenvalue weighted by atomic mass is 19.1. The molecule has 0 aliphatic carbocycles. The molecule has 0 N–H and O–H groups in total. The van der Waals surface area contributed by atoms with Crippen molar-refractivity contribution in [2.75, 3.05) is 0 Å². The Morgan fingerprint density at radius 1 is 1.04 bits per heavy atom.